The first-order chi connectivity index (χ1) is 13.4. The Labute approximate surface area is 168 Å². The number of halogens is 4. The van der Waals surface area contributed by atoms with E-state index in [0.717, 1.165) is 23.1 Å². The summed E-state index contributed by atoms with van der Waals surface area (Å²) in [6.45, 7) is 2.51. The molecule has 0 unspecified atom stereocenters. The summed E-state index contributed by atoms with van der Waals surface area (Å²) in [5, 5.41) is 2.22. The molecule has 3 N–H and O–H groups in total. The summed E-state index contributed by atoms with van der Waals surface area (Å²) in [4.78, 5) is 30.3. The minimum atomic E-state index is -4.60. The Bertz CT molecular complexity index is 995. The maximum atomic E-state index is 12.9. The molecule has 7 nitrogen and oxygen atoms in total. The number of alkyl halides is 3. The zero-order valence-electron chi connectivity index (χ0n) is 15.3. The molecular formula is C18H16ClF3N4O3. The number of ether oxygens (including phenoxy) is 1. The molecule has 3 rings (SSSR count). The number of rotatable bonds is 3. The lowest BCUT2D eigenvalue weighted by molar-refractivity contribution is -0.137. The van der Waals surface area contributed by atoms with E-state index < -0.39 is 35.7 Å². The molecule has 0 radical (unpaired) electrons. The van der Waals surface area contributed by atoms with E-state index >= 15 is 0 Å². The predicted molar refractivity (Wildman–Crippen MR) is 101 cm³/mol. The molecule has 1 aromatic carbocycles. The second kappa shape index (κ2) is 7.11. The number of carbonyl (C=O) groups is 2. The van der Waals surface area contributed by atoms with Crippen molar-refractivity contribution < 1.29 is 27.5 Å². The number of pyridine rings is 1. The van der Waals surface area contributed by atoms with Crippen LogP contribution < -0.4 is 20.7 Å². The van der Waals surface area contributed by atoms with Crippen LogP contribution in [-0.2, 0) is 15.8 Å². The highest BCUT2D eigenvalue weighted by atomic mass is 35.5. The number of hydrogen-bond donors (Lipinski definition) is 2. The highest BCUT2D eigenvalue weighted by Crippen LogP contribution is 2.37. The van der Waals surface area contributed by atoms with Gasteiger partial charge >= 0.3 is 6.18 Å². The molecule has 0 bridgehead atoms. The van der Waals surface area contributed by atoms with Crippen LogP contribution in [0.15, 0.2) is 30.3 Å². The molecule has 2 aromatic rings. The van der Waals surface area contributed by atoms with Gasteiger partial charge in [-0.25, -0.2) is 4.98 Å². The van der Waals surface area contributed by atoms with Gasteiger partial charge in [-0.3, -0.25) is 14.5 Å². The quantitative estimate of drug-likeness (QED) is 0.780. The highest BCUT2D eigenvalue weighted by molar-refractivity contribution is 6.33. The first-order valence-electron chi connectivity index (χ1n) is 8.32. The first kappa shape index (κ1) is 20.7. The molecule has 11 heteroatoms. The molecule has 0 fully saturated rings. The maximum Gasteiger partial charge on any atom is 0.416 e. The average molecular weight is 429 g/mol. The maximum absolute atomic E-state index is 12.9. The van der Waals surface area contributed by atoms with Crippen molar-refractivity contribution in [2.45, 2.75) is 25.6 Å². The van der Waals surface area contributed by atoms with E-state index in [1.54, 1.807) is 0 Å². The molecule has 0 saturated carbocycles. The van der Waals surface area contributed by atoms with E-state index in [4.69, 9.17) is 22.1 Å². The predicted octanol–water partition coefficient (Wildman–Crippen LogP) is 3.48. The number of carbonyl (C=O) groups excluding carboxylic acids is 2. The summed E-state index contributed by atoms with van der Waals surface area (Å²) in [6.07, 6.45) is -4.60. The van der Waals surface area contributed by atoms with E-state index in [2.05, 4.69) is 10.3 Å². The largest absolute Gasteiger partial charge is 0.474 e. The fraction of sp³-hybridized carbons (Fsp3) is 0.278. The highest BCUT2D eigenvalue weighted by Gasteiger charge is 2.42. The Balaban J connectivity index is 1.88. The monoisotopic (exact) mass is 428 g/mol. The zero-order valence-corrected chi connectivity index (χ0v) is 16.1. The van der Waals surface area contributed by atoms with Crippen LogP contribution in [0.1, 0.15) is 19.4 Å². The summed E-state index contributed by atoms with van der Waals surface area (Å²) in [7, 11) is 0. The van der Waals surface area contributed by atoms with Gasteiger partial charge in [0.2, 0.25) is 5.91 Å². The fourth-order valence-electron chi connectivity index (χ4n) is 2.74. The van der Waals surface area contributed by atoms with Crippen molar-refractivity contribution in [3.05, 3.63) is 40.9 Å². The van der Waals surface area contributed by atoms with Crippen molar-refractivity contribution >= 4 is 40.7 Å². The molecular weight excluding hydrogens is 413 g/mol. The molecule has 29 heavy (non-hydrogen) atoms. The number of aromatic nitrogens is 1. The van der Waals surface area contributed by atoms with Crippen LogP contribution >= 0.6 is 11.6 Å². The minimum Gasteiger partial charge on any atom is -0.474 e. The van der Waals surface area contributed by atoms with E-state index in [9.17, 15) is 22.8 Å². The molecule has 0 aliphatic carbocycles. The molecule has 0 spiro atoms. The number of hydrogen-bond acceptors (Lipinski definition) is 5. The van der Waals surface area contributed by atoms with Crippen LogP contribution in [-0.4, -0.2) is 28.9 Å². The SMILES string of the molecule is CC1(C)Oc2ccc(N)nc2N(CC(=O)Nc2cc(C(F)(F)F)ccc2Cl)C1=O. The van der Waals surface area contributed by atoms with E-state index in [0.29, 0.717) is 0 Å². The lowest BCUT2D eigenvalue weighted by Crippen LogP contribution is -2.54. The van der Waals surface area contributed by atoms with Gasteiger partial charge in [0, 0.05) is 0 Å². The Morgan fingerprint density at radius 2 is 2.00 bits per heavy atom. The van der Waals surface area contributed by atoms with Gasteiger partial charge in [-0.15, -0.1) is 0 Å². The van der Waals surface area contributed by atoms with Gasteiger partial charge < -0.3 is 15.8 Å². The van der Waals surface area contributed by atoms with Crippen LogP contribution in [0.4, 0.5) is 30.5 Å². The van der Waals surface area contributed by atoms with Crippen molar-refractivity contribution in [3.63, 3.8) is 0 Å². The summed E-state index contributed by atoms with van der Waals surface area (Å²) in [5.74, 6) is -0.944. The van der Waals surface area contributed by atoms with Gasteiger partial charge in [-0.2, -0.15) is 13.2 Å². The summed E-state index contributed by atoms with van der Waals surface area (Å²) < 4.78 is 44.3. The third-order valence-electron chi connectivity index (χ3n) is 4.11. The fourth-order valence-corrected chi connectivity index (χ4v) is 2.91. The number of fused-ring (bicyclic) bond motifs is 1. The second-order valence-corrected chi connectivity index (χ2v) is 7.21. The number of amides is 2. The second-order valence-electron chi connectivity index (χ2n) is 6.80. The van der Waals surface area contributed by atoms with E-state index in [1.807, 2.05) is 0 Å². The molecule has 154 valence electrons. The van der Waals surface area contributed by atoms with Crippen molar-refractivity contribution in [3.8, 4) is 5.75 Å². The molecule has 0 atom stereocenters. The Kier molecular flexibility index (Phi) is 5.08. The molecule has 0 saturated heterocycles. The van der Waals surface area contributed by atoms with Crippen LogP contribution in [0.2, 0.25) is 5.02 Å². The normalized spacial score (nSPS) is 15.5. The summed E-state index contributed by atoms with van der Waals surface area (Å²) in [6, 6.07) is 5.54. The topological polar surface area (TPSA) is 97.6 Å². The number of nitrogens with zero attached hydrogens (tertiary/aromatic N) is 2. The number of anilines is 3. The Morgan fingerprint density at radius 3 is 2.66 bits per heavy atom. The number of nitrogens with one attached hydrogen (secondary N) is 1. The molecule has 1 aliphatic rings. The Morgan fingerprint density at radius 1 is 1.31 bits per heavy atom. The summed E-state index contributed by atoms with van der Waals surface area (Å²) in [5.41, 5.74) is 3.18. The molecule has 2 amide bonds. The number of nitrogen functional groups attached to an aromatic ring is 1. The zero-order chi connectivity index (χ0) is 21.6. The van der Waals surface area contributed by atoms with Crippen molar-refractivity contribution in [1.82, 2.24) is 4.98 Å². The van der Waals surface area contributed by atoms with Crippen molar-refractivity contribution in [1.29, 1.82) is 0 Å². The van der Waals surface area contributed by atoms with Gasteiger partial charge in [0.1, 0.15) is 12.4 Å². The smallest absolute Gasteiger partial charge is 0.416 e. The van der Waals surface area contributed by atoms with Crippen molar-refractivity contribution in [2.24, 2.45) is 0 Å². The van der Waals surface area contributed by atoms with Crippen LogP contribution in [0, 0.1) is 0 Å². The molecule has 1 aliphatic heterocycles. The number of benzene rings is 1. The lowest BCUT2D eigenvalue weighted by atomic mass is 10.1. The van der Waals surface area contributed by atoms with Crippen LogP contribution in [0.3, 0.4) is 0 Å². The summed E-state index contributed by atoms with van der Waals surface area (Å²) >= 11 is 5.90. The van der Waals surface area contributed by atoms with Gasteiger partial charge in [0.05, 0.1) is 16.3 Å². The van der Waals surface area contributed by atoms with Gasteiger partial charge in [-0.1, -0.05) is 11.6 Å². The van der Waals surface area contributed by atoms with E-state index in [1.165, 1.54) is 26.0 Å². The van der Waals surface area contributed by atoms with E-state index in [-0.39, 0.29) is 28.1 Å². The van der Waals surface area contributed by atoms with Gasteiger partial charge in [0.15, 0.2) is 17.2 Å². The standard InChI is InChI=1S/C18H16ClF3N4O3/c1-17(2)16(28)26(15-12(29-17)5-6-13(23)25-15)8-14(27)24-11-7-9(18(20,21)22)3-4-10(11)19/h3-7H,8H2,1-2H3,(H2,23,25)(H,24,27). The van der Waals surface area contributed by atoms with Crippen molar-refractivity contribution in [2.75, 3.05) is 22.5 Å². The van der Waals surface area contributed by atoms with Crippen LogP contribution in [0.5, 0.6) is 5.75 Å². The third kappa shape index (κ3) is 4.21. The minimum absolute atomic E-state index is 0.0413. The third-order valence-corrected chi connectivity index (χ3v) is 4.44. The molecule has 1 aromatic heterocycles. The van der Waals surface area contributed by atoms with Gasteiger partial charge in [-0.05, 0) is 44.2 Å². The van der Waals surface area contributed by atoms with Gasteiger partial charge in [0.25, 0.3) is 5.91 Å². The average Bonchev–Trinajstić information content (AvgIpc) is 2.60. The lowest BCUT2D eigenvalue weighted by Gasteiger charge is -2.37. The number of nitrogens with two attached hydrogens (primary N) is 1. The Hall–Kier alpha value is -3.01. The van der Waals surface area contributed by atoms with Crippen LogP contribution in [0.25, 0.3) is 0 Å². The molecule has 2 heterocycles. The first-order valence-corrected chi connectivity index (χ1v) is 8.70.